The van der Waals surface area contributed by atoms with Crippen LogP contribution in [0.2, 0.25) is 0 Å². The molecule has 9 heteroatoms. The molecule has 2 N–H and O–H groups in total. The average Bonchev–Trinajstić information content (AvgIpc) is 3.09. The van der Waals surface area contributed by atoms with Crippen LogP contribution in [-0.2, 0) is 11.3 Å². The molecule has 0 radical (unpaired) electrons. The van der Waals surface area contributed by atoms with Gasteiger partial charge in [0, 0.05) is 37.2 Å². The lowest BCUT2D eigenvalue weighted by atomic mass is 10.2. The quantitative estimate of drug-likeness (QED) is 0.698. The van der Waals surface area contributed by atoms with Crippen LogP contribution in [0.25, 0.3) is 0 Å². The van der Waals surface area contributed by atoms with Crippen molar-refractivity contribution in [2.24, 2.45) is 0 Å². The van der Waals surface area contributed by atoms with Gasteiger partial charge >= 0.3 is 0 Å². The van der Waals surface area contributed by atoms with Gasteiger partial charge in [0.15, 0.2) is 0 Å². The highest BCUT2D eigenvalue weighted by Gasteiger charge is 2.06. The van der Waals surface area contributed by atoms with Crippen LogP contribution in [0.15, 0.2) is 43.0 Å². The zero-order valence-electron chi connectivity index (χ0n) is 14.8. The Labute approximate surface area is 151 Å². The van der Waals surface area contributed by atoms with Crippen molar-refractivity contribution in [3.8, 4) is 0 Å². The highest BCUT2D eigenvalue weighted by atomic mass is 16.2. The molecule has 2 aromatic heterocycles. The van der Waals surface area contributed by atoms with Gasteiger partial charge in [-0.2, -0.15) is 10.1 Å². The monoisotopic (exact) mass is 352 g/mol. The molecule has 0 unspecified atom stereocenters. The van der Waals surface area contributed by atoms with Crippen LogP contribution < -0.4 is 15.5 Å². The Morgan fingerprint density at radius 3 is 2.54 bits per heavy atom. The highest BCUT2D eigenvalue weighted by molar-refractivity contribution is 5.90. The van der Waals surface area contributed by atoms with Crippen LogP contribution in [0, 0.1) is 6.92 Å². The lowest BCUT2D eigenvalue weighted by molar-refractivity contribution is -0.116. The number of hydrogen-bond acceptors (Lipinski definition) is 7. The topological polar surface area (TPSA) is 101 Å². The summed E-state index contributed by atoms with van der Waals surface area (Å²) in [6, 6.07) is 9.24. The number of amides is 1. The third-order valence-electron chi connectivity index (χ3n) is 3.50. The molecule has 26 heavy (non-hydrogen) atoms. The summed E-state index contributed by atoms with van der Waals surface area (Å²) in [4.78, 5) is 26.5. The molecule has 0 aliphatic rings. The van der Waals surface area contributed by atoms with Crippen molar-refractivity contribution in [1.82, 2.24) is 24.7 Å². The predicted molar refractivity (Wildman–Crippen MR) is 99.5 cm³/mol. The van der Waals surface area contributed by atoms with Crippen molar-refractivity contribution in [2.75, 3.05) is 29.6 Å². The van der Waals surface area contributed by atoms with Gasteiger partial charge in [0.25, 0.3) is 0 Å². The van der Waals surface area contributed by atoms with Gasteiger partial charge in [-0.1, -0.05) is 0 Å². The molecule has 0 spiro atoms. The molecule has 0 saturated heterocycles. The fourth-order valence-corrected chi connectivity index (χ4v) is 2.26. The molecular weight excluding hydrogens is 332 g/mol. The largest absolute Gasteiger partial charge is 0.363 e. The van der Waals surface area contributed by atoms with Crippen molar-refractivity contribution in [3.63, 3.8) is 0 Å². The molecule has 3 rings (SSSR count). The minimum absolute atomic E-state index is 0.116. The van der Waals surface area contributed by atoms with Gasteiger partial charge in [-0.15, -0.1) is 0 Å². The van der Waals surface area contributed by atoms with Gasteiger partial charge in [0.1, 0.15) is 25.0 Å². The zero-order valence-corrected chi connectivity index (χ0v) is 14.8. The van der Waals surface area contributed by atoms with Crippen LogP contribution >= 0.6 is 0 Å². The van der Waals surface area contributed by atoms with Crippen LogP contribution in [0.3, 0.4) is 0 Å². The second-order valence-electron chi connectivity index (χ2n) is 5.93. The number of hydrogen-bond donors (Lipinski definition) is 2. The molecule has 0 aliphatic heterocycles. The Hall–Kier alpha value is -3.49. The number of aryl methyl sites for hydroxylation is 1. The first kappa shape index (κ1) is 17.3. The molecule has 0 atom stereocenters. The Morgan fingerprint density at radius 1 is 1.15 bits per heavy atom. The summed E-state index contributed by atoms with van der Waals surface area (Å²) < 4.78 is 1.46. The zero-order chi connectivity index (χ0) is 18.5. The molecule has 2 heterocycles. The van der Waals surface area contributed by atoms with Crippen LogP contribution in [0.5, 0.6) is 0 Å². The van der Waals surface area contributed by atoms with Crippen molar-refractivity contribution < 1.29 is 4.79 Å². The van der Waals surface area contributed by atoms with Gasteiger partial charge in [-0.05, 0) is 31.2 Å². The summed E-state index contributed by atoms with van der Waals surface area (Å²) in [5, 5.41) is 9.89. The van der Waals surface area contributed by atoms with E-state index in [1.807, 2.05) is 56.3 Å². The van der Waals surface area contributed by atoms with E-state index in [0.717, 1.165) is 17.2 Å². The minimum atomic E-state index is -0.172. The summed E-state index contributed by atoms with van der Waals surface area (Å²) >= 11 is 0. The smallest absolute Gasteiger partial charge is 0.246 e. The number of carbonyl (C=O) groups excluding carboxylic acids is 1. The fourth-order valence-electron chi connectivity index (χ4n) is 2.26. The Kier molecular flexibility index (Phi) is 5.07. The molecule has 134 valence electrons. The number of carbonyl (C=O) groups is 1. The van der Waals surface area contributed by atoms with E-state index in [-0.39, 0.29) is 12.5 Å². The van der Waals surface area contributed by atoms with Gasteiger partial charge in [0.2, 0.25) is 11.9 Å². The summed E-state index contributed by atoms with van der Waals surface area (Å²) in [6.45, 7) is 2.04. The normalized spacial score (nSPS) is 10.4. The van der Waals surface area contributed by atoms with Crippen molar-refractivity contribution in [2.45, 2.75) is 13.5 Å². The third-order valence-corrected chi connectivity index (χ3v) is 3.50. The molecule has 1 amide bonds. The lowest BCUT2D eigenvalue weighted by Crippen LogP contribution is -2.18. The van der Waals surface area contributed by atoms with Crippen LogP contribution in [0.1, 0.15) is 5.69 Å². The molecule has 0 aliphatic carbocycles. The molecule has 0 saturated carbocycles. The van der Waals surface area contributed by atoms with E-state index >= 15 is 0 Å². The number of nitrogens with zero attached hydrogens (tertiary/aromatic N) is 6. The Bertz CT molecular complexity index is 874. The summed E-state index contributed by atoms with van der Waals surface area (Å²) in [5.41, 5.74) is 2.40. The van der Waals surface area contributed by atoms with Gasteiger partial charge in [0.05, 0.1) is 0 Å². The van der Waals surface area contributed by atoms with E-state index in [9.17, 15) is 4.79 Å². The Balaban J connectivity index is 1.63. The van der Waals surface area contributed by atoms with E-state index in [1.165, 1.54) is 17.3 Å². The maximum absolute atomic E-state index is 12.0. The summed E-state index contributed by atoms with van der Waals surface area (Å²) in [6.07, 6.45) is 2.89. The van der Waals surface area contributed by atoms with E-state index in [2.05, 4.69) is 30.7 Å². The van der Waals surface area contributed by atoms with E-state index < -0.39 is 0 Å². The predicted octanol–water partition coefficient (Wildman–Crippen LogP) is 1.82. The highest BCUT2D eigenvalue weighted by Crippen LogP contribution is 2.19. The van der Waals surface area contributed by atoms with Crippen molar-refractivity contribution in [3.05, 3.63) is 48.7 Å². The fraction of sp³-hybridized carbons (Fsp3) is 0.235. The van der Waals surface area contributed by atoms with E-state index in [1.54, 1.807) is 0 Å². The maximum Gasteiger partial charge on any atom is 0.246 e. The third kappa shape index (κ3) is 4.53. The second kappa shape index (κ2) is 7.60. The SMILES string of the molecule is Cc1cc(N(C)C)nc(Nc2ccc(NC(=O)Cn3cncn3)cc2)n1. The second-order valence-corrected chi connectivity index (χ2v) is 5.93. The van der Waals surface area contributed by atoms with Gasteiger partial charge in [-0.3, -0.25) is 4.79 Å². The first-order chi connectivity index (χ1) is 12.5. The molecular formula is C17H20N8O. The number of rotatable bonds is 6. The summed E-state index contributed by atoms with van der Waals surface area (Å²) in [7, 11) is 3.87. The lowest BCUT2D eigenvalue weighted by Gasteiger charge is -2.14. The van der Waals surface area contributed by atoms with Crippen LogP contribution in [0.4, 0.5) is 23.1 Å². The standard InChI is InChI=1S/C17H20N8O/c1-12-8-15(24(2)3)23-17(20-12)22-14-6-4-13(5-7-14)21-16(26)9-25-11-18-10-19-25/h4-8,10-11H,9H2,1-3H3,(H,21,26)(H,20,22,23). The molecule has 3 aromatic rings. The van der Waals surface area contributed by atoms with Gasteiger partial charge in [-0.25, -0.2) is 14.6 Å². The van der Waals surface area contributed by atoms with Gasteiger partial charge < -0.3 is 15.5 Å². The first-order valence-electron chi connectivity index (χ1n) is 8.02. The van der Waals surface area contributed by atoms with E-state index in [4.69, 9.17) is 0 Å². The first-order valence-corrected chi connectivity index (χ1v) is 8.02. The molecule has 9 nitrogen and oxygen atoms in total. The minimum Gasteiger partial charge on any atom is -0.363 e. The molecule has 0 fully saturated rings. The van der Waals surface area contributed by atoms with Crippen molar-refractivity contribution >= 4 is 29.0 Å². The summed E-state index contributed by atoms with van der Waals surface area (Å²) in [5.74, 6) is 1.18. The number of anilines is 4. The average molecular weight is 352 g/mol. The van der Waals surface area contributed by atoms with Crippen molar-refractivity contribution in [1.29, 1.82) is 0 Å². The number of aromatic nitrogens is 5. The van der Waals surface area contributed by atoms with Crippen LogP contribution in [-0.4, -0.2) is 44.7 Å². The molecule has 1 aromatic carbocycles. The van der Waals surface area contributed by atoms with E-state index in [0.29, 0.717) is 11.6 Å². The molecule has 0 bridgehead atoms. The number of benzene rings is 1. The Morgan fingerprint density at radius 2 is 1.88 bits per heavy atom. The maximum atomic E-state index is 12.0. The number of nitrogens with one attached hydrogen (secondary N) is 2.